The summed E-state index contributed by atoms with van der Waals surface area (Å²) < 4.78 is 7.27. The van der Waals surface area contributed by atoms with E-state index in [4.69, 9.17) is 4.74 Å². The number of aryl methyl sites for hydroxylation is 1. The Balaban J connectivity index is 1.59. The molecule has 0 aliphatic carbocycles. The molecule has 8 nitrogen and oxygen atoms in total. The molecule has 3 aromatic rings. The van der Waals surface area contributed by atoms with E-state index in [9.17, 15) is 4.79 Å². The molecule has 1 amide bonds. The van der Waals surface area contributed by atoms with Crippen molar-refractivity contribution in [3.8, 4) is 11.3 Å². The first-order chi connectivity index (χ1) is 12.7. The van der Waals surface area contributed by atoms with Crippen molar-refractivity contribution in [1.29, 1.82) is 0 Å². The van der Waals surface area contributed by atoms with Gasteiger partial charge in [0.25, 0.3) is 5.91 Å². The van der Waals surface area contributed by atoms with Crippen LogP contribution in [0.1, 0.15) is 22.0 Å². The summed E-state index contributed by atoms with van der Waals surface area (Å²) in [5.41, 5.74) is 3.06. The van der Waals surface area contributed by atoms with Gasteiger partial charge in [0.05, 0.1) is 35.2 Å². The van der Waals surface area contributed by atoms with E-state index >= 15 is 0 Å². The van der Waals surface area contributed by atoms with Crippen LogP contribution in [0.15, 0.2) is 42.7 Å². The number of hydrogen-bond donors (Lipinski definition) is 1. The Bertz CT molecular complexity index is 903. The van der Waals surface area contributed by atoms with Crippen LogP contribution in [0.5, 0.6) is 0 Å². The monoisotopic (exact) mass is 352 g/mol. The average Bonchev–Trinajstić information content (AvgIpc) is 3.40. The maximum atomic E-state index is 13.1. The minimum absolute atomic E-state index is 0.00438. The summed E-state index contributed by atoms with van der Waals surface area (Å²) in [4.78, 5) is 14.9. The summed E-state index contributed by atoms with van der Waals surface area (Å²) in [7, 11) is 3.49. The van der Waals surface area contributed by atoms with Crippen molar-refractivity contribution in [1.82, 2.24) is 30.1 Å². The Labute approximate surface area is 150 Å². The molecule has 2 aromatic heterocycles. The third-order valence-corrected chi connectivity index (χ3v) is 4.79. The third-order valence-electron chi connectivity index (χ3n) is 4.79. The summed E-state index contributed by atoms with van der Waals surface area (Å²) in [5.74, 6) is -0.0595. The predicted octanol–water partition coefficient (Wildman–Crippen LogP) is 1.46. The molecule has 8 heteroatoms. The lowest BCUT2D eigenvalue weighted by Crippen LogP contribution is -2.30. The number of amides is 1. The first-order valence-electron chi connectivity index (χ1n) is 8.44. The second-order valence-corrected chi connectivity index (χ2v) is 6.43. The van der Waals surface area contributed by atoms with E-state index in [1.54, 1.807) is 22.9 Å². The van der Waals surface area contributed by atoms with Crippen molar-refractivity contribution in [2.75, 3.05) is 20.2 Å². The van der Waals surface area contributed by atoms with Crippen LogP contribution in [-0.2, 0) is 11.8 Å². The number of methoxy groups -OCH3 is 1. The van der Waals surface area contributed by atoms with E-state index in [0.717, 1.165) is 17.0 Å². The van der Waals surface area contributed by atoms with Gasteiger partial charge in [-0.25, -0.2) is 0 Å². The van der Waals surface area contributed by atoms with Crippen LogP contribution in [0.3, 0.4) is 0 Å². The number of likely N-dealkylation sites (tertiary alicyclic amines) is 1. The van der Waals surface area contributed by atoms with Gasteiger partial charge in [0, 0.05) is 39.0 Å². The fourth-order valence-corrected chi connectivity index (χ4v) is 3.44. The number of hydrogen-bond acceptors (Lipinski definition) is 5. The quantitative estimate of drug-likeness (QED) is 0.768. The Morgan fingerprint density at radius 1 is 1.27 bits per heavy atom. The van der Waals surface area contributed by atoms with E-state index in [-0.39, 0.29) is 17.9 Å². The van der Waals surface area contributed by atoms with Crippen molar-refractivity contribution in [3.05, 3.63) is 54.0 Å². The average molecular weight is 352 g/mol. The minimum atomic E-state index is -0.109. The lowest BCUT2D eigenvalue weighted by Gasteiger charge is -2.16. The van der Waals surface area contributed by atoms with Crippen LogP contribution in [-0.4, -0.2) is 62.3 Å². The van der Waals surface area contributed by atoms with Gasteiger partial charge in [-0.1, -0.05) is 35.5 Å². The van der Waals surface area contributed by atoms with Gasteiger partial charge in [-0.2, -0.15) is 5.10 Å². The van der Waals surface area contributed by atoms with E-state index in [2.05, 4.69) is 20.5 Å². The van der Waals surface area contributed by atoms with Crippen molar-refractivity contribution in [2.24, 2.45) is 7.05 Å². The number of carbonyl (C=O) groups is 1. The zero-order valence-corrected chi connectivity index (χ0v) is 14.7. The molecule has 134 valence electrons. The molecule has 26 heavy (non-hydrogen) atoms. The fraction of sp³-hybridized carbons (Fsp3) is 0.333. The maximum absolute atomic E-state index is 13.1. The molecule has 1 fully saturated rings. The number of aromatic nitrogens is 5. The van der Waals surface area contributed by atoms with Crippen LogP contribution in [0, 0.1) is 0 Å². The first-order valence-corrected chi connectivity index (χ1v) is 8.44. The van der Waals surface area contributed by atoms with E-state index in [0.29, 0.717) is 18.7 Å². The van der Waals surface area contributed by atoms with Crippen molar-refractivity contribution in [3.63, 3.8) is 0 Å². The molecule has 0 bridgehead atoms. The van der Waals surface area contributed by atoms with Gasteiger partial charge in [-0.15, -0.1) is 5.10 Å². The van der Waals surface area contributed by atoms with Gasteiger partial charge in [0.1, 0.15) is 0 Å². The molecule has 1 aliphatic heterocycles. The molecule has 0 saturated carbocycles. The van der Waals surface area contributed by atoms with Gasteiger partial charge in [-0.05, 0) is 0 Å². The number of H-pyrrole nitrogens is 1. The highest BCUT2D eigenvalue weighted by molar-refractivity contribution is 6.00. The number of benzene rings is 1. The highest BCUT2D eigenvalue weighted by atomic mass is 16.5. The normalized spacial score (nSPS) is 19.8. The number of ether oxygens (including phenoxy) is 1. The van der Waals surface area contributed by atoms with Crippen molar-refractivity contribution in [2.45, 2.75) is 12.0 Å². The molecule has 2 atom stereocenters. The predicted molar refractivity (Wildman–Crippen MR) is 94.5 cm³/mol. The van der Waals surface area contributed by atoms with Crippen molar-refractivity contribution >= 4 is 5.91 Å². The number of nitrogens with zero attached hydrogens (tertiary/aromatic N) is 5. The smallest absolute Gasteiger partial charge is 0.257 e. The van der Waals surface area contributed by atoms with Crippen molar-refractivity contribution < 1.29 is 9.53 Å². The van der Waals surface area contributed by atoms with Crippen LogP contribution in [0.4, 0.5) is 0 Å². The molecule has 1 N–H and O–H groups in total. The molecule has 3 heterocycles. The van der Waals surface area contributed by atoms with Crippen LogP contribution in [0.25, 0.3) is 11.3 Å². The highest BCUT2D eigenvalue weighted by Crippen LogP contribution is 2.30. The Morgan fingerprint density at radius 3 is 2.77 bits per heavy atom. The molecular formula is C18H20N6O2. The van der Waals surface area contributed by atoms with E-state index in [1.807, 2.05) is 43.6 Å². The zero-order valence-electron chi connectivity index (χ0n) is 14.7. The third kappa shape index (κ3) is 2.88. The SMILES string of the molecule is CO[C@@H]1CN(C(=O)c2cn[nH]c2-c2ccccc2)C[C@H]1c1cn(C)nn1. The highest BCUT2D eigenvalue weighted by Gasteiger charge is 2.39. The van der Waals surface area contributed by atoms with Gasteiger partial charge in [0.15, 0.2) is 0 Å². The first kappa shape index (κ1) is 16.5. The summed E-state index contributed by atoms with van der Waals surface area (Å²) in [6, 6.07) is 9.72. The minimum Gasteiger partial charge on any atom is -0.379 e. The zero-order chi connectivity index (χ0) is 18.1. The molecular weight excluding hydrogens is 332 g/mol. The lowest BCUT2D eigenvalue weighted by molar-refractivity contribution is 0.0715. The number of rotatable bonds is 4. The summed E-state index contributed by atoms with van der Waals surface area (Å²) >= 11 is 0. The summed E-state index contributed by atoms with van der Waals surface area (Å²) in [6.07, 6.45) is 3.35. The van der Waals surface area contributed by atoms with Gasteiger partial charge in [-0.3, -0.25) is 14.6 Å². The molecule has 4 rings (SSSR count). The Kier molecular flexibility index (Phi) is 4.26. The number of nitrogens with one attached hydrogen (secondary N) is 1. The van der Waals surface area contributed by atoms with Crippen LogP contribution < -0.4 is 0 Å². The van der Waals surface area contributed by atoms with Gasteiger partial charge in [0.2, 0.25) is 0 Å². The summed E-state index contributed by atoms with van der Waals surface area (Å²) in [6.45, 7) is 1.05. The van der Waals surface area contributed by atoms with Gasteiger partial charge >= 0.3 is 0 Å². The molecule has 1 saturated heterocycles. The lowest BCUT2D eigenvalue weighted by atomic mass is 10.0. The topological polar surface area (TPSA) is 88.9 Å². The maximum Gasteiger partial charge on any atom is 0.257 e. The van der Waals surface area contributed by atoms with E-state index in [1.165, 1.54) is 0 Å². The van der Waals surface area contributed by atoms with Gasteiger partial charge < -0.3 is 9.64 Å². The van der Waals surface area contributed by atoms with E-state index < -0.39 is 0 Å². The Hall–Kier alpha value is -3.00. The Morgan fingerprint density at radius 2 is 2.08 bits per heavy atom. The van der Waals surface area contributed by atoms with Crippen LogP contribution in [0.2, 0.25) is 0 Å². The second-order valence-electron chi connectivity index (χ2n) is 6.43. The summed E-state index contributed by atoms with van der Waals surface area (Å²) in [5, 5.41) is 15.2. The molecule has 0 radical (unpaired) electrons. The molecule has 0 unspecified atom stereocenters. The molecule has 1 aromatic carbocycles. The molecule has 0 spiro atoms. The van der Waals surface area contributed by atoms with Crippen LogP contribution >= 0.6 is 0 Å². The largest absolute Gasteiger partial charge is 0.379 e. The fourth-order valence-electron chi connectivity index (χ4n) is 3.44. The standard InChI is InChI=1S/C18H20N6O2/c1-23-10-15(20-22-23)14-9-24(11-16(14)26-2)18(25)13-8-19-21-17(13)12-6-4-3-5-7-12/h3-8,10,14,16H,9,11H2,1-2H3,(H,19,21)/t14-,16+/m0/s1. The second kappa shape index (κ2) is 6.72. The number of aromatic amines is 1. The molecule has 1 aliphatic rings. The number of carbonyl (C=O) groups excluding carboxylic acids is 1.